The summed E-state index contributed by atoms with van der Waals surface area (Å²) in [6, 6.07) is 0.254. The summed E-state index contributed by atoms with van der Waals surface area (Å²) in [4.78, 5) is 4.48. The molecule has 4 heteroatoms. The first-order valence-corrected chi connectivity index (χ1v) is 7.21. The molecule has 1 aromatic rings. The molecule has 0 saturated carbocycles. The van der Waals surface area contributed by atoms with Crippen molar-refractivity contribution in [2.75, 3.05) is 13.2 Å². The molecule has 1 heterocycles. The smallest absolute Gasteiger partial charge is 0.0898 e. The molecule has 2 N–H and O–H groups in total. The van der Waals surface area contributed by atoms with Crippen LogP contribution in [-0.4, -0.2) is 23.2 Å². The van der Waals surface area contributed by atoms with Gasteiger partial charge in [0, 0.05) is 30.0 Å². The standard InChI is InChI=1S/C13H24N2OS/c1-5-13(6-2,9-16)8-14-10(3)12-7-17-11(4)15-12/h7,10,14,16H,5-6,8-9H2,1-4H3. The first kappa shape index (κ1) is 14.6. The van der Waals surface area contributed by atoms with Crippen molar-refractivity contribution in [1.29, 1.82) is 0 Å². The highest BCUT2D eigenvalue weighted by Gasteiger charge is 2.25. The molecule has 1 aromatic heterocycles. The van der Waals surface area contributed by atoms with Crippen molar-refractivity contribution in [2.24, 2.45) is 5.41 Å². The lowest BCUT2D eigenvalue weighted by Gasteiger charge is -2.31. The largest absolute Gasteiger partial charge is 0.396 e. The second-order valence-electron chi connectivity index (χ2n) is 4.76. The van der Waals surface area contributed by atoms with Crippen LogP contribution in [-0.2, 0) is 0 Å². The summed E-state index contributed by atoms with van der Waals surface area (Å²) < 4.78 is 0. The maximum atomic E-state index is 9.51. The third-order valence-electron chi connectivity index (χ3n) is 3.70. The number of aliphatic hydroxyl groups is 1. The van der Waals surface area contributed by atoms with Crippen molar-refractivity contribution in [3.8, 4) is 0 Å². The Balaban J connectivity index is 2.55. The molecular weight excluding hydrogens is 232 g/mol. The van der Waals surface area contributed by atoms with Gasteiger partial charge >= 0.3 is 0 Å². The average Bonchev–Trinajstić information content (AvgIpc) is 2.78. The number of hydrogen-bond donors (Lipinski definition) is 2. The Morgan fingerprint density at radius 3 is 2.53 bits per heavy atom. The minimum atomic E-state index is 0.0132. The third kappa shape index (κ3) is 3.76. The number of aliphatic hydroxyl groups excluding tert-OH is 1. The summed E-state index contributed by atoms with van der Waals surface area (Å²) in [6.45, 7) is 9.51. The molecule has 3 nitrogen and oxygen atoms in total. The fraction of sp³-hybridized carbons (Fsp3) is 0.769. The lowest BCUT2D eigenvalue weighted by atomic mass is 9.83. The predicted molar refractivity (Wildman–Crippen MR) is 73.4 cm³/mol. The van der Waals surface area contributed by atoms with Crippen molar-refractivity contribution in [1.82, 2.24) is 10.3 Å². The average molecular weight is 256 g/mol. The molecule has 0 aliphatic rings. The van der Waals surface area contributed by atoms with Gasteiger partial charge in [0.05, 0.1) is 10.7 Å². The van der Waals surface area contributed by atoms with Gasteiger partial charge in [0.25, 0.3) is 0 Å². The van der Waals surface area contributed by atoms with Gasteiger partial charge in [-0.15, -0.1) is 11.3 Å². The zero-order valence-electron chi connectivity index (χ0n) is 11.3. The van der Waals surface area contributed by atoms with E-state index in [0.29, 0.717) is 0 Å². The van der Waals surface area contributed by atoms with Gasteiger partial charge in [0.1, 0.15) is 0 Å². The molecule has 0 aromatic carbocycles. The Hall–Kier alpha value is -0.450. The number of aryl methyl sites for hydroxylation is 1. The Morgan fingerprint density at radius 1 is 1.47 bits per heavy atom. The number of aromatic nitrogens is 1. The van der Waals surface area contributed by atoms with E-state index in [0.717, 1.165) is 30.1 Å². The van der Waals surface area contributed by atoms with Crippen molar-refractivity contribution in [3.05, 3.63) is 16.1 Å². The van der Waals surface area contributed by atoms with E-state index in [1.54, 1.807) is 11.3 Å². The van der Waals surface area contributed by atoms with Crippen LogP contribution in [0.4, 0.5) is 0 Å². The van der Waals surface area contributed by atoms with E-state index in [1.165, 1.54) is 0 Å². The fourth-order valence-electron chi connectivity index (χ4n) is 1.83. The summed E-state index contributed by atoms with van der Waals surface area (Å²) in [7, 11) is 0. The Bertz CT molecular complexity index is 326. The fourth-order valence-corrected chi connectivity index (χ4v) is 2.54. The van der Waals surface area contributed by atoms with Gasteiger partial charge in [0.15, 0.2) is 0 Å². The molecular formula is C13H24N2OS. The lowest BCUT2D eigenvalue weighted by molar-refractivity contribution is 0.110. The van der Waals surface area contributed by atoms with Crippen LogP contribution in [0, 0.1) is 12.3 Å². The summed E-state index contributed by atoms with van der Waals surface area (Å²) >= 11 is 1.68. The third-order valence-corrected chi connectivity index (χ3v) is 4.49. The molecule has 1 unspecified atom stereocenters. The summed E-state index contributed by atoms with van der Waals surface area (Å²) in [5.41, 5.74) is 1.12. The number of thiazole rings is 1. The molecule has 0 bridgehead atoms. The predicted octanol–water partition coefficient (Wildman–Crippen LogP) is 2.90. The maximum absolute atomic E-state index is 9.51. The van der Waals surface area contributed by atoms with Crippen molar-refractivity contribution in [3.63, 3.8) is 0 Å². The lowest BCUT2D eigenvalue weighted by Crippen LogP contribution is -2.37. The highest BCUT2D eigenvalue weighted by Crippen LogP contribution is 2.26. The summed E-state index contributed by atoms with van der Waals surface area (Å²) in [5.74, 6) is 0. The Kier molecular flexibility index (Phi) is 5.56. The van der Waals surface area contributed by atoms with E-state index in [-0.39, 0.29) is 18.1 Å². The molecule has 98 valence electrons. The van der Waals surface area contributed by atoms with E-state index in [2.05, 4.69) is 36.5 Å². The van der Waals surface area contributed by atoms with Crippen LogP contribution in [0.1, 0.15) is 50.4 Å². The van der Waals surface area contributed by atoms with Gasteiger partial charge in [-0.25, -0.2) is 4.98 Å². The first-order chi connectivity index (χ1) is 8.06. The molecule has 0 spiro atoms. The second-order valence-corrected chi connectivity index (χ2v) is 5.82. The number of nitrogens with one attached hydrogen (secondary N) is 1. The van der Waals surface area contributed by atoms with Gasteiger partial charge in [-0.05, 0) is 26.7 Å². The maximum Gasteiger partial charge on any atom is 0.0898 e. The molecule has 0 aliphatic heterocycles. The van der Waals surface area contributed by atoms with Crippen LogP contribution in [0.5, 0.6) is 0 Å². The molecule has 0 amide bonds. The van der Waals surface area contributed by atoms with E-state index < -0.39 is 0 Å². The number of nitrogens with zero attached hydrogens (tertiary/aromatic N) is 1. The van der Waals surface area contributed by atoms with Gasteiger partial charge in [-0.1, -0.05) is 13.8 Å². The van der Waals surface area contributed by atoms with E-state index >= 15 is 0 Å². The van der Waals surface area contributed by atoms with Crippen LogP contribution >= 0.6 is 11.3 Å². The highest BCUT2D eigenvalue weighted by molar-refractivity contribution is 7.09. The minimum absolute atomic E-state index is 0.0132. The van der Waals surface area contributed by atoms with Crippen LogP contribution in [0.3, 0.4) is 0 Å². The molecule has 1 rings (SSSR count). The zero-order chi connectivity index (χ0) is 12.9. The summed E-state index contributed by atoms with van der Waals surface area (Å²) in [6.07, 6.45) is 1.99. The molecule has 0 aliphatic carbocycles. The molecule has 0 saturated heterocycles. The SMILES string of the molecule is CCC(CC)(CO)CNC(C)c1csc(C)n1. The van der Waals surface area contributed by atoms with Crippen molar-refractivity contribution < 1.29 is 5.11 Å². The van der Waals surface area contributed by atoms with Gasteiger partial charge in [0.2, 0.25) is 0 Å². The van der Waals surface area contributed by atoms with E-state index in [4.69, 9.17) is 0 Å². The topological polar surface area (TPSA) is 45.1 Å². The Labute approximate surface area is 108 Å². The first-order valence-electron chi connectivity index (χ1n) is 6.33. The van der Waals surface area contributed by atoms with Crippen LogP contribution in [0.15, 0.2) is 5.38 Å². The Morgan fingerprint density at radius 2 is 2.12 bits per heavy atom. The highest BCUT2D eigenvalue weighted by atomic mass is 32.1. The quantitative estimate of drug-likeness (QED) is 0.788. The minimum Gasteiger partial charge on any atom is -0.396 e. The van der Waals surface area contributed by atoms with Crippen LogP contribution in [0.2, 0.25) is 0 Å². The van der Waals surface area contributed by atoms with Gasteiger partial charge in [-0.3, -0.25) is 0 Å². The van der Waals surface area contributed by atoms with E-state index in [9.17, 15) is 5.11 Å². The molecule has 17 heavy (non-hydrogen) atoms. The monoisotopic (exact) mass is 256 g/mol. The second kappa shape index (κ2) is 6.47. The zero-order valence-corrected chi connectivity index (χ0v) is 12.1. The number of hydrogen-bond acceptors (Lipinski definition) is 4. The molecule has 0 radical (unpaired) electrons. The number of rotatable bonds is 7. The van der Waals surface area contributed by atoms with Gasteiger partial charge < -0.3 is 10.4 Å². The van der Waals surface area contributed by atoms with Crippen molar-refractivity contribution in [2.45, 2.75) is 46.6 Å². The van der Waals surface area contributed by atoms with Crippen molar-refractivity contribution >= 4 is 11.3 Å². The van der Waals surface area contributed by atoms with Crippen LogP contribution in [0.25, 0.3) is 0 Å². The van der Waals surface area contributed by atoms with Gasteiger partial charge in [-0.2, -0.15) is 0 Å². The normalized spacial score (nSPS) is 13.9. The molecule has 0 fully saturated rings. The van der Waals surface area contributed by atoms with Crippen LogP contribution < -0.4 is 5.32 Å². The summed E-state index contributed by atoms with van der Waals surface area (Å²) in [5, 5.41) is 16.2. The van der Waals surface area contributed by atoms with E-state index in [1.807, 2.05) is 6.92 Å². The molecule has 1 atom stereocenters.